The molecule has 0 bridgehead atoms. The van der Waals surface area contributed by atoms with Crippen molar-refractivity contribution in [2.75, 3.05) is 30.9 Å². The quantitative estimate of drug-likeness (QED) is 0.815. The molecule has 118 valence electrons. The largest absolute Gasteiger partial charge is 0.418 e. The van der Waals surface area contributed by atoms with E-state index < -0.39 is 17.8 Å². The molecule has 0 fully saturated rings. The van der Waals surface area contributed by atoms with Gasteiger partial charge in [-0.25, -0.2) is 4.79 Å². The summed E-state index contributed by atoms with van der Waals surface area (Å²) in [5.41, 5.74) is -0.694. The van der Waals surface area contributed by atoms with E-state index in [2.05, 4.69) is 10.6 Å². The van der Waals surface area contributed by atoms with Gasteiger partial charge in [-0.1, -0.05) is 13.3 Å². The predicted molar refractivity (Wildman–Crippen MR) is 77.7 cm³/mol. The first-order chi connectivity index (χ1) is 9.75. The van der Waals surface area contributed by atoms with Crippen LogP contribution in [0.25, 0.3) is 0 Å². The predicted octanol–water partition coefficient (Wildman–Crippen LogP) is 3.69. The summed E-state index contributed by atoms with van der Waals surface area (Å²) in [7, 11) is 3.31. The number of carbonyl (C=O) groups excluding carboxylic acids is 1. The summed E-state index contributed by atoms with van der Waals surface area (Å²) >= 11 is 0. The third-order valence-electron chi connectivity index (χ3n) is 2.89. The molecule has 4 nitrogen and oxygen atoms in total. The first kappa shape index (κ1) is 17.1. The number of rotatable bonds is 5. The van der Waals surface area contributed by atoms with Gasteiger partial charge in [-0.15, -0.1) is 0 Å². The molecule has 0 aliphatic rings. The zero-order chi connectivity index (χ0) is 16.0. The Balaban J connectivity index is 2.93. The number of hydrogen-bond acceptors (Lipinski definition) is 2. The van der Waals surface area contributed by atoms with Crippen molar-refractivity contribution in [2.24, 2.45) is 0 Å². The van der Waals surface area contributed by atoms with E-state index in [4.69, 9.17) is 0 Å². The minimum atomic E-state index is -4.53. The Morgan fingerprint density at radius 3 is 2.48 bits per heavy atom. The van der Waals surface area contributed by atoms with Crippen molar-refractivity contribution in [1.29, 1.82) is 0 Å². The van der Waals surface area contributed by atoms with Crippen LogP contribution in [0, 0.1) is 0 Å². The molecule has 2 N–H and O–H groups in total. The van der Waals surface area contributed by atoms with Crippen LogP contribution < -0.4 is 15.5 Å². The molecule has 0 aliphatic carbocycles. The number of benzene rings is 1. The fraction of sp³-hybridized carbons (Fsp3) is 0.500. The number of nitrogens with one attached hydrogen (secondary N) is 2. The van der Waals surface area contributed by atoms with Gasteiger partial charge in [0.25, 0.3) is 0 Å². The monoisotopic (exact) mass is 303 g/mol. The van der Waals surface area contributed by atoms with Gasteiger partial charge in [-0.05, 0) is 24.6 Å². The molecular weight excluding hydrogens is 283 g/mol. The second-order valence-corrected chi connectivity index (χ2v) is 4.86. The minimum Gasteiger partial charge on any atom is -0.378 e. The molecule has 0 saturated carbocycles. The number of carbonyl (C=O) groups is 1. The van der Waals surface area contributed by atoms with E-state index >= 15 is 0 Å². The van der Waals surface area contributed by atoms with E-state index in [1.165, 1.54) is 12.1 Å². The normalized spacial score (nSPS) is 11.1. The number of nitrogens with zero attached hydrogens (tertiary/aromatic N) is 1. The summed E-state index contributed by atoms with van der Waals surface area (Å²) in [6.07, 6.45) is -2.86. The molecule has 0 saturated heterocycles. The number of urea groups is 1. The average Bonchev–Trinajstić information content (AvgIpc) is 2.37. The fourth-order valence-corrected chi connectivity index (χ4v) is 1.70. The second-order valence-electron chi connectivity index (χ2n) is 4.86. The van der Waals surface area contributed by atoms with E-state index in [-0.39, 0.29) is 5.69 Å². The van der Waals surface area contributed by atoms with Crippen LogP contribution in [0.2, 0.25) is 0 Å². The highest BCUT2D eigenvalue weighted by molar-refractivity contribution is 5.90. The lowest BCUT2D eigenvalue weighted by atomic mass is 10.1. The molecule has 2 amide bonds. The molecule has 1 aromatic rings. The highest BCUT2D eigenvalue weighted by Crippen LogP contribution is 2.37. The third-order valence-corrected chi connectivity index (χ3v) is 2.89. The number of unbranched alkanes of at least 4 members (excludes halogenated alkanes) is 1. The molecule has 21 heavy (non-hydrogen) atoms. The first-order valence-corrected chi connectivity index (χ1v) is 6.69. The Labute approximate surface area is 122 Å². The lowest BCUT2D eigenvalue weighted by Crippen LogP contribution is -2.30. The molecule has 1 rings (SSSR count). The number of alkyl halides is 3. The van der Waals surface area contributed by atoms with Gasteiger partial charge >= 0.3 is 12.2 Å². The van der Waals surface area contributed by atoms with E-state index in [0.717, 1.165) is 18.9 Å². The molecule has 0 aromatic heterocycles. The van der Waals surface area contributed by atoms with Gasteiger partial charge in [-0.3, -0.25) is 0 Å². The molecule has 0 atom stereocenters. The lowest BCUT2D eigenvalue weighted by molar-refractivity contribution is -0.136. The summed E-state index contributed by atoms with van der Waals surface area (Å²) < 4.78 is 39.2. The summed E-state index contributed by atoms with van der Waals surface area (Å²) in [6, 6.07) is 3.17. The molecule has 0 aliphatic heterocycles. The topological polar surface area (TPSA) is 44.4 Å². The summed E-state index contributed by atoms with van der Waals surface area (Å²) in [5, 5.41) is 4.77. The third kappa shape index (κ3) is 5.17. The van der Waals surface area contributed by atoms with Crippen molar-refractivity contribution in [3.05, 3.63) is 23.8 Å². The molecular formula is C14H20F3N3O. The van der Waals surface area contributed by atoms with Crippen LogP contribution in [-0.2, 0) is 6.18 Å². The van der Waals surface area contributed by atoms with Crippen LogP contribution in [0.1, 0.15) is 25.3 Å². The van der Waals surface area contributed by atoms with Crippen molar-refractivity contribution >= 4 is 17.4 Å². The van der Waals surface area contributed by atoms with E-state index in [1.807, 2.05) is 6.92 Å². The van der Waals surface area contributed by atoms with Gasteiger partial charge in [0.1, 0.15) is 0 Å². The number of amides is 2. The van der Waals surface area contributed by atoms with E-state index in [0.29, 0.717) is 12.2 Å². The molecule has 0 radical (unpaired) electrons. The Hall–Kier alpha value is -1.92. The molecule has 0 heterocycles. The van der Waals surface area contributed by atoms with Crippen molar-refractivity contribution in [3.8, 4) is 0 Å². The van der Waals surface area contributed by atoms with Crippen LogP contribution >= 0.6 is 0 Å². The Morgan fingerprint density at radius 1 is 1.29 bits per heavy atom. The zero-order valence-electron chi connectivity index (χ0n) is 12.3. The van der Waals surface area contributed by atoms with Crippen LogP contribution in [0.3, 0.4) is 0 Å². The molecule has 1 aromatic carbocycles. The highest BCUT2D eigenvalue weighted by Gasteiger charge is 2.34. The van der Waals surface area contributed by atoms with Crippen LogP contribution in [0.4, 0.5) is 29.3 Å². The molecule has 0 unspecified atom stereocenters. The maximum Gasteiger partial charge on any atom is 0.418 e. The number of hydrogen-bond donors (Lipinski definition) is 2. The number of halogens is 3. The maximum atomic E-state index is 13.1. The van der Waals surface area contributed by atoms with Gasteiger partial charge in [0.2, 0.25) is 0 Å². The van der Waals surface area contributed by atoms with Gasteiger partial charge in [0, 0.05) is 26.3 Å². The standard InChI is InChI=1S/C14H20F3N3O/c1-4-5-8-18-13(21)19-12-7-6-10(20(2)3)9-11(12)14(15,16)17/h6-7,9H,4-5,8H2,1-3H3,(H2,18,19,21). The fourth-order valence-electron chi connectivity index (χ4n) is 1.70. The second kappa shape index (κ2) is 7.19. The van der Waals surface area contributed by atoms with Crippen molar-refractivity contribution in [3.63, 3.8) is 0 Å². The van der Waals surface area contributed by atoms with Gasteiger partial charge < -0.3 is 15.5 Å². The first-order valence-electron chi connectivity index (χ1n) is 6.69. The van der Waals surface area contributed by atoms with E-state index in [9.17, 15) is 18.0 Å². The van der Waals surface area contributed by atoms with Gasteiger partial charge in [0.05, 0.1) is 11.3 Å². The summed E-state index contributed by atoms with van der Waals surface area (Å²) in [4.78, 5) is 13.2. The Bertz CT molecular complexity index is 487. The van der Waals surface area contributed by atoms with E-state index in [1.54, 1.807) is 19.0 Å². The Kier molecular flexibility index (Phi) is 5.87. The van der Waals surface area contributed by atoms with Crippen molar-refractivity contribution < 1.29 is 18.0 Å². The maximum absolute atomic E-state index is 13.1. The zero-order valence-corrected chi connectivity index (χ0v) is 12.3. The van der Waals surface area contributed by atoms with Crippen molar-refractivity contribution in [2.45, 2.75) is 25.9 Å². The molecule has 0 spiro atoms. The minimum absolute atomic E-state index is 0.248. The highest BCUT2D eigenvalue weighted by atomic mass is 19.4. The smallest absolute Gasteiger partial charge is 0.378 e. The van der Waals surface area contributed by atoms with Crippen LogP contribution in [0.5, 0.6) is 0 Å². The lowest BCUT2D eigenvalue weighted by Gasteiger charge is -2.18. The molecule has 7 heteroatoms. The number of anilines is 2. The van der Waals surface area contributed by atoms with Crippen molar-refractivity contribution in [1.82, 2.24) is 5.32 Å². The van der Waals surface area contributed by atoms with Crippen LogP contribution in [-0.4, -0.2) is 26.7 Å². The van der Waals surface area contributed by atoms with Crippen LogP contribution in [0.15, 0.2) is 18.2 Å². The SMILES string of the molecule is CCCCNC(=O)Nc1ccc(N(C)C)cc1C(F)(F)F. The summed E-state index contributed by atoms with van der Waals surface area (Å²) in [5.74, 6) is 0. The Morgan fingerprint density at radius 2 is 1.95 bits per heavy atom. The van der Waals surface area contributed by atoms with Gasteiger partial charge in [-0.2, -0.15) is 13.2 Å². The summed E-state index contributed by atoms with van der Waals surface area (Å²) in [6.45, 7) is 2.39. The van der Waals surface area contributed by atoms with Gasteiger partial charge in [0.15, 0.2) is 0 Å². The average molecular weight is 303 g/mol.